The zero-order chi connectivity index (χ0) is 19.4. The van der Waals surface area contributed by atoms with Crippen molar-refractivity contribution in [2.45, 2.75) is 6.92 Å². The summed E-state index contributed by atoms with van der Waals surface area (Å²) in [6.45, 7) is 1.48. The lowest BCUT2D eigenvalue weighted by Crippen LogP contribution is -1.99. The number of hydrogen-bond donors (Lipinski definition) is 2. The Balaban J connectivity index is 1.71. The molecule has 0 aliphatic heterocycles. The highest BCUT2D eigenvalue weighted by Crippen LogP contribution is 2.27. The van der Waals surface area contributed by atoms with Crippen molar-refractivity contribution in [3.63, 3.8) is 0 Å². The predicted octanol–water partition coefficient (Wildman–Crippen LogP) is 3.95. The summed E-state index contributed by atoms with van der Waals surface area (Å²) in [5.74, 6) is -0.0558. The van der Waals surface area contributed by atoms with Crippen molar-refractivity contribution in [1.82, 2.24) is 4.98 Å². The van der Waals surface area contributed by atoms with Crippen LogP contribution in [0.5, 0.6) is 0 Å². The number of carbonyl (C=O) groups is 1. The van der Waals surface area contributed by atoms with Gasteiger partial charge < -0.3 is 5.73 Å². The van der Waals surface area contributed by atoms with Gasteiger partial charge in [-0.3, -0.25) is 20.3 Å². The number of aromatic nitrogens is 1. The SMILES string of the molecule is CC(=O)c1ccc(/C=N/Nc2nc(-c3cccc([N+](=O)[O-])c3)cs2)c(N)c1. The maximum absolute atomic E-state index is 11.3. The summed E-state index contributed by atoms with van der Waals surface area (Å²) < 4.78 is 0. The monoisotopic (exact) mass is 381 g/mol. The Labute approximate surface area is 158 Å². The number of nitro benzene ring substituents is 1. The van der Waals surface area contributed by atoms with Crippen molar-refractivity contribution < 1.29 is 9.72 Å². The molecule has 0 unspecified atom stereocenters. The van der Waals surface area contributed by atoms with Gasteiger partial charge in [-0.1, -0.05) is 24.3 Å². The molecule has 136 valence electrons. The van der Waals surface area contributed by atoms with Gasteiger partial charge in [0.15, 0.2) is 5.78 Å². The Bertz CT molecular complexity index is 1040. The molecule has 1 heterocycles. The highest BCUT2D eigenvalue weighted by atomic mass is 32.1. The number of Topliss-reactive ketones (excluding diaryl/α,β-unsaturated/α-hetero) is 1. The molecule has 2 aromatic carbocycles. The smallest absolute Gasteiger partial charge is 0.270 e. The molecule has 0 aliphatic carbocycles. The van der Waals surface area contributed by atoms with E-state index in [9.17, 15) is 14.9 Å². The van der Waals surface area contributed by atoms with Gasteiger partial charge in [0.1, 0.15) is 0 Å². The van der Waals surface area contributed by atoms with E-state index in [1.807, 2.05) is 0 Å². The molecule has 9 heteroatoms. The summed E-state index contributed by atoms with van der Waals surface area (Å²) in [5.41, 5.74) is 11.7. The van der Waals surface area contributed by atoms with Crippen LogP contribution in [0.4, 0.5) is 16.5 Å². The standard InChI is InChI=1S/C18H15N5O3S/c1-11(24)12-5-6-14(16(19)8-12)9-20-22-18-21-17(10-27-18)13-3-2-4-15(7-13)23(25)26/h2-10H,19H2,1H3,(H,21,22)/b20-9+. The van der Waals surface area contributed by atoms with Crippen LogP contribution in [0, 0.1) is 10.1 Å². The first-order valence-electron chi connectivity index (χ1n) is 7.84. The number of nitrogen functional groups attached to an aromatic ring is 1. The van der Waals surface area contributed by atoms with Crippen molar-refractivity contribution in [1.29, 1.82) is 0 Å². The molecule has 0 radical (unpaired) electrons. The van der Waals surface area contributed by atoms with Crippen molar-refractivity contribution >= 4 is 39.8 Å². The molecular weight excluding hydrogens is 366 g/mol. The molecule has 0 bridgehead atoms. The highest BCUT2D eigenvalue weighted by Gasteiger charge is 2.10. The van der Waals surface area contributed by atoms with Crippen molar-refractivity contribution in [3.05, 3.63) is 69.1 Å². The van der Waals surface area contributed by atoms with Crippen LogP contribution in [0.15, 0.2) is 52.9 Å². The fourth-order valence-corrected chi connectivity index (χ4v) is 2.97. The molecule has 3 aromatic rings. The number of rotatable bonds is 6. The Morgan fingerprint density at radius 3 is 2.85 bits per heavy atom. The van der Waals surface area contributed by atoms with E-state index >= 15 is 0 Å². The van der Waals surface area contributed by atoms with Crippen molar-refractivity contribution in [3.8, 4) is 11.3 Å². The molecule has 3 rings (SSSR count). The second-order valence-corrected chi connectivity index (χ2v) is 6.47. The number of carbonyl (C=O) groups excluding carboxylic acids is 1. The van der Waals surface area contributed by atoms with Gasteiger partial charge in [0.2, 0.25) is 5.13 Å². The Morgan fingerprint density at radius 1 is 1.33 bits per heavy atom. The number of hydrogen-bond acceptors (Lipinski definition) is 8. The Hall–Kier alpha value is -3.59. The number of nitrogens with zero attached hydrogens (tertiary/aromatic N) is 3. The molecule has 0 atom stereocenters. The van der Waals surface area contributed by atoms with Crippen LogP contribution in [-0.4, -0.2) is 21.9 Å². The van der Waals surface area contributed by atoms with Crippen LogP contribution in [0.2, 0.25) is 0 Å². The molecule has 0 amide bonds. The Morgan fingerprint density at radius 2 is 2.15 bits per heavy atom. The third-order valence-electron chi connectivity index (χ3n) is 3.71. The zero-order valence-electron chi connectivity index (χ0n) is 14.2. The highest BCUT2D eigenvalue weighted by molar-refractivity contribution is 7.14. The van der Waals surface area contributed by atoms with E-state index < -0.39 is 4.92 Å². The van der Waals surface area contributed by atoms with E-state index in [1.165, 1.54) is 36.6 Å². The number of anilines is 2. The van der Waals surface area contributed by atoms with E-state index in [4.69, 9.17) is 5.73 Å². The van der Waals surface area contributed by atoms with Gasteiger partial charge in [-0.15, -0.1) is 11.3 Å². The number of nitro groups is 1. The molecule has 0 aliphatic rings. The quantitative estimate of drug-likeness (QED) is 0.219. The van der Waals surface area contributed by atoms with Crippen molar-refractivity contribution in [2.24, 2.45) is 5.10 Å². The number of non-ortho nitro benzene ring substituents is 1. The Kier molecular flexibility index (Phi) is 5.23. The van der Waals surface area contributed by atoms with E-state index in [2.05, 4.69) is 15.5 Å². The molecular formula is C18H15N5O3S. The van der Waals surface area contributed by atoms with Crippen LogP contribution >= 0.6 is 11.3 Å². The minimum Gasteiger partial charge on any atom is -0.398 e. The van der Waals surface area contributed by atoms with Crippen LogP contribution in [0.25, 0.3) is 11.3 Å². The normalized spacial score (nSPS) is 10.9. The average Bonchev–Trinajstić information content (AvgIpc) is 3.12. The van der Waals surface area contributed by atoms with Gasteiger partial charge in [0, 0.05) is 39.9 Å². The fraction of sp³-hybridized carbons (Fsp3) is 0.0556. The lowest BCUT2D eigenvalue weighted by molar-refractivity contribution is -0.384. The van der Waals surface area contributed by atoms with E-state index in [1.54, 1.807) is 35.7 Å². The third-order valence-corrected chi connectivity index (χ3v) is 4.46. The predicted molar refractivity (Wildman–Crippen MR) is 106 cm³/mol. The first-order chi connectivity index (χ1) is 12.9. The fourth-order valence-electron chi connectivity index (χ4n) is 2.30. The zero-order valence-corrected chi connectivity index (χ0v) is 15.1. The molecule has 1 aromatic heterocycles. The topological polar surface area (TPSA) is 124 Å². The van der Waals surface area contributed by atoms with Gasteiger partial charge in [-0.2, -0.15) is 5.10 Å². The maximum atomic E-state index is 11.3. The number of hydrazone groups is 1. The van der Waals surface area contributed by atoms with E-state index in [-0.39, 0.29) is 11.5 Å². The third kappa shape index (κ3) is 4.33. The molecule has 0 fully saturated rings. The number of nitrogens with one attached hydrogen (secondary N) is 1. The van der Waals surface area contributed by atoms with Crippen LogP contribution in [0.3, 0.4) is 0 Å². The largest absolute Gasteiger partial charge is 0.398 e. The molecule has 0 saturated heterocycles. The van der Waals surface area contributed by atoms with E-state index in [0.29, 0.717) is 33.2 Å². The van der Waals surface area contributed by atoms with Crippen molar-refractivity contribution in [2.75, 3.05) is 11.2 Å². The second-order valence-electron chi connectivity index (χ2n) is 5.62. The minimum absolute atomic E-state index is 0.0116. The lowest BCUT2D eigenvalue weighted by Gasteiger charge is -2.02. The summed E-state index contributed by atoms with van der Waals surface area (Å²) in [4.78, 5) is 26.1. The van der Waals surface area contributed by atoms with E-state index in [0.717, 1.165) is 0 Å². The molecule has 8 nitrogen and oxygen atoms in total. The average molecular weight is 381 g/mol. The number of ketones is 1. The molecule has 3 N–H and O–H groups in total. The summed E-state index contributed by atoms with van der Waals surface area (Å²) in [5, 5.41) is 17.3. The summed E-state index contributed by atoms with van der Waals surface area (Å²) in [6, 6.07) is 11.3. The molecule has 27 heavy (non-hydrogen) atoms. The number of benzene rings is 2. The van der Waals surface area contributed by atoms with Gasteiger partial charge in [-0.05, 0) is 13.0 Å². The first kappa shape index (κ1) is 18.2. The maximum Gasteiger partial charge on any atom is 0.270 e. The second kappa shape index (κ2) is 7.75. The number of thiazole rings is 1. The van der Waals surface area contributed by atoms with Crippen LogP contribution in [0.1, 0.15) is 22.8 Å². The number of nitrogens with two attached hydrogens (primary N) is 1. The summed E-state index contributed by atoms with van der Waals surface area (Å²) >= 11 is 1.32. The molecule has 0 spiro atoms. The first-order valence-corrected chi connectivity index (χ1v) is 8.72. The van der Waals surface area contributed by atoms with Gasteiger partial charge >= 0.3 is 0 Å². The van der Waals surface area contributed by atoms with Crippen LogP contribution in [-0.2, 0) is 0 Å². The van der Waals surface area contributed by atoms with Gasteiger partial charge in [0.25, 0.3) is 5.69 Å². The minimum atomic E-state index is -0.443. The summed E-state index contributed by atoms with van der Waals surface area (Å²) in [7, 11) is 0. The molecule has 0 saturated carbocycles. The lowest BCUT2D eigenvalue weighted by atomic mass is 10.1. The van der Waals surface area contributed by atoms with Gasteiger partial charge in [-0.25, -0.2) is 4.98 Å². The van der Waals surface area contributed by atoms with Crippen LogP contribution < -0.4 is 11.2 Å². The summed E-state index contributed by atoms with van der Waals surface area (Å²) in [6.07, 6.45) is 1.54. The van der Waals surface area contributed by atoms with Gasteiger partial charge in [0.05, 0.1) is 16.8 Å².